The zero-order valence-electron chi connectivity index (χ0n) is 20.2. The largest absolute Gasteiger partial charge is 0.462 e. The van der Waals surface area contributed by atoms with Crippen molar-refractivity contribution < 1.29 is 42.1 Å². The Morgan fingerprint density at radius 2 is 2.03 bits per heavy atom. The first-order valence-corrected chi connectivity index (χ1v) is 12.9. The van der Waals surface area contributed by atoms with E-state index in [1.807, 2.05) is 4.98 Å². The van der Waals surface area contributed by atoms with Gasteiger partial charge in [-0.15, -0.1) is 0 Å². The first-order chi connectivity index (χ1) is 17.4. The second kappa shape index (κ2) is 10.5. The van der Waals surface area contributed by atoms with Crippen molar-refractivity contribution in [2.45, 2.75) is 57.0 Å². The minimum atomic E-state index is -4.30. The number of rotatable bonds is 10. The summed E-state index contributed by atoms with van der Waals surface area (Å²) in [6.07, 6.45) is -3.58. The minimum absolute atomic E-state index is 0.168. The van der Waals surface area contributed by atoms with Gasteiger partial charge in [-0.2, -0.15) is 9.48 Å². The van der Waals surface area contributed by atoms with E-state index in [0.717, 1.165) is 4.57 Å². The molecule has 202 valence electrons. The fraction of sp³-hybridized carbons (Fsp3) is 0.500. The third-order valence-electron chi connectivity index (χ3n) is 5.71. The molecule has 2 saturated heterocycles. The van der Waals surface area contributed by atoms with E-state index >= 15 is 0 Å². The summed E-state index contributed by atoms with van der Waals surface area (Å²) < 4.78 is 56.0. The Kier molecular flexibility index (Phi) is 7.70. The summed E-state index contributed by atoms with van der Waals surface area (Å²) >= 11 is 0. The summed E-state index contributed by atoms with van der Waals surface area (Å²) in [4.78, 5) is 37.7. The predicted octanol–water partition coefficient (Wildman–Crippen LogP) is 0.836. The first kappa shape index (κ1) is 27.2. The Morgan fingerprint density at radius 1 is 1.32 bits per heavy atom. The number of nitrogens with zero attached hydrogens (tertiary/aromatic N) is 1. The molecule has 2 aromatic rings. The maximum absolute atomic E-state index is 13.8. The number of halogens is 1. The number of aromatic nitrogens is 2. The molecule has 2 bridgehead atoms. The Hall–Kier alpha value is -2.87. The third kappa shape index (κ3) is 5.69. The number of carbonyl (C=O) groups excluding carboxylic acids is 1. The van der Waals surface area contributed by atoms with Gasteiger partial charge in [-0.3, -0.25) is 23.7 Å². The minimum Gasteiger partial charge on any atom is -0.462 e. The van der Waals surface area contributed by atoms with E-state index in [2.05, 4.69) is 5.09 Å². The van der Waals surface area contributed by atoms with Crippen LogP contribution >= 0.6 is 7.75 Å². The van der Waals surface area contributed by atoms with Crippen LogP contribution in [0.1, 0.15) is 27.0 Å². The van der Waals surface area contributed by atoms with Crippen LogP contribution in [0.2, 0.25) is 0 Å². The van der Waals surface area contributed by atoms with Gasteiger partial charge in [-0.25, -0.2) is 9.36 Å². The van der Waals surface area contributed by atoms with Gasteiger partial charge in [0, 0.05) is 0 Å². The quantitative estimate of drug-likeness (QED) is 0.287. The van der Waals surface area contributed by atoms with Gasteiger partial charge in [0.15, 0.2) is 6.23 Å². The molecule has 0 aliphatic carbocycles. The topological polar surface area (TPSA) is 167 Å². The number of benzene rings is 1. The Balaban J connectivity index is 1.55. The van der Waals surface area contributed by atoms with Crippen LogP contribution in [0.15, 0.2) is 46.1 Å². The normalized spacial score (nSPS) is 27.1. The summed E-state index contributed by atoms with van der Waals surface area (Å²) in [5.74, 6) is -1.77. The van der Waals surface area contributed by atoms with Gasteiger partial charge < -0.3 is 23.8 Å². The lowest BCUT2D eigenvalue weighted by atomic mass is 10.0. The predicted molar refractivity (Wildman–Crippen MR) is 124 cm³/mol. The summed E-state index contributed by atoms with van der Waals surface area (Å²) in [7, 11) is -4.30. The van der Waals surface area contributed by atoms with Crippen molar-refractivity contribution in [2.24, 2.45) is 0 Å². The fourth-order valence-corrected chi connectivity index (χ4v) is 5.46. The monoisotopic (exact) mass is 543 g/mol. The van der Waals surface area contributed by atoms with Crippen molar-refractivity contribution in [3.8, 4) is 5.75 Å². The highest BCUT2D eigenvalue weighted by Crippen LogP contribution is 2.50. The number of carbonyl (C=O) groups is 1. The number of fused-ring (bicyclic) bond motifs is 2. The van der Waals surface area contributed by atoms with Gasteiger partial charge in [-0.05, 0) is 32.9 Å². The number of para-hydroxylation sites is 1. The standard InChI is InChI=1S/C22H27FN3O10P/c1-12(2)34-20(29)13(3)25-37(31,36-14-7-5-4-6-8-14)33-11-22-10-32-16(17(22)27)19(35-22)26-9-15(23)18(28)24-21(26)30/h4-9,12-13,16-17,19,27H,10-11H2,1-3H3,(H,25,31)(H,24,28,30)/t13?,16-,17+,19?,22-,37?/m1/s1. The Labute approximate surface area is 210 Å². The maximum atomic E-state index is 13.8. The zero-order valence-corrected chi connectivity index (χ0v) is 21.1. The highest BCUT2D eigenvalue weighted by molar-refractivity contribution is 7.52. The lowest BCUT2D eigenvalue weighted by Crippen LogP contribution is -2.46. The molecule has 3 heterocycles. The lowest BCUT2D eigenvalue weighted by molar-refractivity contribution is -0.185. The van der Waals surface area contributed by atoms with Gasteiger partial charge in [0.05, 0.1) is 25.5 Å². The Morgan fingerprint density at radius 3 is 2.70 bits per heavy atom. The average Bonchev–Trinajstić information content (AvgIpc) is 3.29. The average molecular weight is 543 g/mol. The van der Waals surface area contributed by atoms with Crippen LogP contribution < -0.4 is 20.9 Å². The van der Waals surface area contributed by atoms with Gasteiger partial charge >= 0.3 is 19.4 Å². The van der Waals surface area contributed by atoms with E-state index in [4.69, 9.17) is 23.3 Å². The van der Waals surface area contributed by atoms with Crippen LogP contribution in [0, 0.1) is 5.82 Å². The number of hydrogen-bond donors (Lipinski definition) is 3. The molecule has 2 fully saturated rings. The van der Waals surface area contributed by atoms with Crippen LogP contribution in [-0.4, -0.2) is 63.8 Å². The van der Waals surface area contributed by atoms with Crippen molar-refractivity contribution in [3.63, 3.8) is 0 Å². The molecule has 3 N–H and O–H groups in total. The molecule has 0 amide bonds. The van der Waals surface area contributed by atoms with Crippen LogP contribution in [0.3, 0.4) is 0 Å². The highest BCUT2D eigenvalue weighted by Gasteiger charge is 2.63. The number of aliphatic hydroxyl groups is 1. The fourth-order valence-electron chi connectivity index (χ4n) is 3.92. The van der Waals surface area contributed by atoms with E-state index in [1.165, 1.54) is 19.1 Å². The van der Waals surface area contributed by atoms with Crippen LogP contribution in [0.25, 0.3) is 0 Å². The van der Waals surface area contributed by atoms with Crippen molar-refractivity contribution in [1.29, 1.82) is 0 Å². The van der Waals surface area contributed by atoms with Gasteiger partial charge in [0.1, 0.15) is 29.6 Å². The smallest absolute Gasteiger partial charge is 0.459 e. The maximum Gasteiger partial charge on any atom is 0.459 e. The lowest BCUT2D eigenvalue weighted by Gasteiger charge is -2.32. The molecule has 4 rings (SSSR count). The number of ether oxygens (including phenoxy) is 3. The molecule has 6 atom stereocenters. The van der Waals surface area contributed by atoms with E-state index in [1.54, 1.807) is 32.0 Å². The van der Waals surface area contributed by atoms with Crippen molar-refractivity contribution in [2.75, 3.05) is 13.2 Å². The van der Waals surface area contributed by atoms with E-state index in [9.17, 15) is 28.4 Å². The number of H-pyrrole nitrogens is 1. The van der Waals surface area contributed by atoms with Crippen molar-refractivity contribution >= 4 is 13.7 Å². The molecule has 0 saturated carbocycles. The van der Waals surface area contributed by atoms with E-state index < -0.39 is 73.6 Å². The second-order valence-electron chi connectivity index (χ2n) is 8.95. The zero-order chi connectivity index (χ0) is 27.0. The molecular weight excluding hydrogens is 516 g/mol. The summed E-state index contributed by atoms with van der Waals surface area (Å²) in [5.41, 5.74) is -3.81. The van der Waals surface area contributed by atoms with Crippen molar-refractivity contribution in [1.82, 2.24) is 14.6 Å². The molecule has 0 spiro atoms. The third-order valence-corrected chi connectivity index (χ3v) is 7.33. The summed E-state index contributed by atoms with van der Waals surface area (Å²) in [5, 5.41) is 13.4. The van der Waals surface area contributed by atoms with Crippen LogP contribution in [0.4, 0.5) is 4.39 Å². The molecule has 3 unspecified atom stereocenters. The molecule has 2 aliphatic heterocycles. The second-order valence-corrected chi connectivity index (χ2v) is 10.6. The van der Waals surface area contributed by atoms with Gasteiger partial charge in [0.2, 0.25) is 5.82 Å². The SMILES string of the molecule is CC(C)OC(=O)C(C)NP(=O)(OC[C@@]12CO[C@@H](C(n3cc(F)c(=O)[nH]c3=O)O1)[C@@H]2O)Oc1ccccc1. The van der Waals surface area contributed by atoms with Gasteiger partial charge in [-0.1, -0.05) is 18.2 Å². The molecule has 1 aromatic heterocycles. The number of aliphatic hydroxyl groups excluding tert-OH is 1. The summed E-state index contributed by atoms with van der Waals surface area (Å²) in [6.45, 7) is 3.95. The van der Waals surface area contributed by atoms with E-state index in [0.29, 0.717) is 6.20 Å². The van der Waals surface area contributed by atoms with Crippen molar-refractivity contribution in [3.05, 3.63) is 63.2 Å². The van der Waals surface area contributed by atoms with Crippen LogP contribution in [-0.2, 0) is 28.1 Å². The first-order valence-electron chi connectivity index (χ1n) is 11.4. The molecule has 0 radical (unpaired) electrons. The van der Waals surface area contributed by atoms with Gasteiger partial charge in [0.25, 0.3) is 5.56 Å². The molecule has 13 nitrogen and oxygen atoms in total. The highest BCUT2D eigenvalue weighted by atomic mass is 31.2. The number of esters is 1. The molecule has 15 heteroatoms. The molecular formula is C22H27FN3O10P. The molecule has 37 heavy (non-hydrogen) atoms. The molecule has 2 aliphatic rings. The Bertz CT molecular complexity index is 1300. The summed E-state index contributed by atoms with van der Waals surface area (Å²) in [6, 6.07) is 6.94. The molecule has 1 aromatic carbocycles. The number of hydrogen-bond acceptors (Lipinski definition) is 10. The van der Waals surface area contributed by atoms with E-state index in [-0.39, 0.29) is 12.4 Å². The van der Waals surface area contributed by atoms with Crippen LogP contribution in [0.5, 0.6) is 5.75 Å². The number of nitrogens with one attached hydrogen (secondary N) is 2. The number of aromatic amines is 1.